The monoisotopic (exact) mass is 421 g/mol. The van der Waals surface area contributed by atoms with E-state index in [1.54, 1.807) is 6.20 Å². The summed E-state index contributed by atoms with van der Waals surface area (Å²) in [6, 6.07) is 3.89. The van der Waals surface area contributed by atoms with Crippen LogP contribution in [0.25, 0.3) is 22.6 Å². The number of hydrogen-bond acceptors (Lipinski definition) is 8. The Morgan fingerprint density at radius 2 is 1.90 bits per heavy atom. The SMILES string of the molecule is C=C(C)Nc1ccc(-c2nc(N3CCOCC3)c3nc4n(c3n2)CCOC4(C)C)cn1. The molecular weight excluding hydrogens is 394 g/mol. The lowest BCUT2D eigenvalue weighted by atomic mass is 10.1. The van der Waals surface area contributed by atoms with Crippen LogP contribution in [0.2, 0.25) is 0 Å². The van der Waals surface area contributed by atoms with E-state index in [9.17, 15) is 0 Å². The summed E-state index contributed by atoms with van der Waals surface area (Å²) < 4.78 is 13.7. The first-order valence-electron chi connectivity index (χ1n) is 10.6. The number of ether oxygens (including phenoxy) is 2. The highest BCUT2D eigenvalue weighted by Gasteiger charge is 2.34. The largest absolute Gasteiger partial charge is 0.378 e. The third-order valence-electron chi connectivity index (χ3n) is 5.57. The van der Waals surface area contributed by atoms with Crippen LogP contribution in [0.1, 0.15) is 26.6 Å². The minimum absolute atomic E-state index is 0.473. The van der Waals surface area contributed by atoms with Gasteiger partial charge in [0.25, 0.3) is 0 Å². The van der Waals surface area contributed by atoms with E-state index >= 15 is 0 Å². The molecule has 1 saturated heterocycles. The molecule has 0 atom stereocenters. The lowest BCUT2D eigenvalue weighted by molar-refractivity contribution is -0.0530. The lowest BCUT2D eigenvalue weighted by Gasteiger charge is -2.30. The van der Waals surface area contributed by atoms with Gasteiger partial charge in [-0.25, -0.2) is 19.9 Å². The van der Waals surface area contributed by atoms with Crippen molar-refractivity contribution in [3.8, 4) is 11.4 Å². The van der Waals surface area contributed by atoms with Crippen molar-refractivity contribution in [1.82, 2.24) is 24.5 Å². The van der Waals surface area contributed by atoms with Crippen LogP contribution < -0.4 is 10.2 Å². The zero-order valence-corrected chi connectivity index (χ0v) is 18.2. The van der Waals surface area contributed by atoms with Crippen LogP contribution in [-0.2, 0) is 21.6 Å². The molecule has 0 aromatic carbocycles. The Hall–Kier alpha value is -3.04. The summed E-state index contributed by atoms with van der Waals surface area (Å²) in [4.78, 5) is 21.5. The number of rotatable bonds is 4. The van der Waals surface area contributed by atoms with E-state index in [1.807, 2.05) is 32.9 Å². The molecule has 31 heavy (non-hydrogen) atoms. The molecule has 0 amide bonds. The lowest BCUT2D eigenvalue weighted by Crippen LogP contribution is -2.37. The molecule has 0 unspecified atom stereocenters. The van der Waals surface area contributed by atoms with Crippen molar-refractivity contribution in [2.45, 2.75) is 32.9 Å². The quantitative estimate of drug-likeness (QED) is 0.688. The van der Waals surface area contributed by atoms with Gasteiger partial charge < -0.3 is 24.3 Å². The fourth-order valence-electron chi connectivity index (χ4n) is 4.06. The molecular formula is C22H27N7O2. The third kappa shape index (κ3) is 3.64. The molecule has 1 N–H and O–H groups in total. The van der Waals surface area contributed by atoms with Gasteiger partial charge in [0.2, 0.25) is 0 Å². The van der Waals surface area contributed by atoms with Crippen LogP contribution in [0, 0.1) is 0 Å². The highest BCUT2D eigenvalue weighted by molar-refractivity contribution is 5.86. The number of anilines is 2. The molecule has 5 rings (SSSR count). The van der Waals surface area contributed by atoms with E-state index in [0.29, 0.717) is 32.2 Å². The maximum absolute atomic E-state index is 5.98. The standard InChI is InChI=1S/C22H27N7O2/c1-14(2)24-16-6-5-15(13-23-16)18-26-19(28-7-10-30-11-8-28)17-20(27-18)29-9-12-31-22(3,4)21(29)25-17/h5-6,13H,1,7-12H2,2-4H3,(H,23,24). The van der Waals surface area contributed by atoms with Crippen molar-refractivity contribution in [3.05, 3.63) is 36.4 Å². The summed E-state index contributed by atoms with van der Waals surface area (Å²) >= 11 is 0. The Bertz CT molecular complexity index is 1130. The second kappa shape index (κ2) is 7.58. The molecule has 0 bridgehead atoms. The first kappa shape index (κ1) is 19.9. The number of allylic oxidation sites excluding steroid dienone is 1. The van der Waals surface area contributed by atoms with Crippen molar-refractivity contribution < 1.29 is 9.47 Å². The summed E-state index contributed by atoms with van der Waals surface area (Å²) in [5.41, 5.74) is 2.86. The minimum atomic E-state index is -0.473. The summed E-state index contributed by atoms with van der Waals surface area (Å²) in [7, 11) is 0. The molecule has 2 aliphatic rings. The third-order valence-corrected chi connectivity index (χ3v) is 5.57. The summed E-state index contributed by atoms with van der Waals surface area (Å²) in [5.74, 6) is 3.10. The fraction of sp³-hybridized carbons (Fsp3) is 0.455. The zero-order valence-electron chi connectivity index (χ0n) is 18.2. The second-order valence-corrected chi connectivity index (χ2v) is 8.43. The van der Waals surface area contributed by atoms with Gasteiger partial charge >= 0.3 is 0 Å². The highest BCUT2D eigenvalue weighted by atomic mass is 16.5. The highest BCUT2D eigenvalue weighted by Crippen LogP contribution is 2.35. The smallest absolute Gasteiger partial charge is 0.166 e. The van der Waals surface area contributed by atoms with Crippen LogP contribution in [0.15, 0.2) is 30.6 Å². The molecule has 9 nitrogen and oxygen atoms in total. The van der Waals surface area contributed by atoms with Gasteiger partial charge in [-0.1, -0.05) is 6.58 Å². The van der Waals surface area contributed by atoms with E-state index in [1.165, 1.54) is 0 Å². The molecule has 0 spiro atoms. The Morgan fingerprint density at radius 3 is 2.61 bits per heavy atom. The first-order chi connectivity index (χ1) is 14.9. The summed E-state index contributed by atoms with van der Waals surface area (Å²) in [6.45, 7) is 14.1. The van der Waals surface area contributed by atoms with Crippen LogP contribution in [-0.4, -0.2) is 57.4 Å². The van der Waals surface area contributed by atoms with E-state index in [0.717, 1.165) is 53.0 Å². The summed E-state index contributed by atoms with van der Waals surface area (Å²) in [5, 5.41) is 3.13. The predicted molar refractivity (Wildman–Crippen MR) is 119 cm³/mol. The van der Waals surface area contributed by atoms with Crippen molar-refractivity contribution >= 4 is 22.8 Å². The number of pyridine rings is 1. The van der Waals surface area contributed by atoms with Gasteiger partial charge in [-0.05, 0) is 32.9 Å². The van der Waals surface area contributed by atoms with E-state index in [2.05, 4.69) is 26.3 Å². The van der Waals surface area contributed by atoms with Crippen molar-refractivity contribution in [1.29, 1.82) is 0 Å². The minimum Gasteiger partial charge on any atom is -0.378 e. The van der Waals surface area contributed by atoms with Crippen LogP contribution in [0.3, 0.4) is 0 Å². The molecule has 9 heteroatoms. The van der Waals surface area contributed by atoms with Gasteiger partial charge in [-0.15, -0.1) is 0 Å². The second-order valence-electron chi connectivity index (χ2n) is 8.43. The normalized spacial score (nSPS) is 18.1. The van der Waals surface area contributed by atoms with Crippen molar-refractivity contribution in [3.63, 3.8) is 0 Å². The number of nitrogens with zero attached hydrogens (tertiary/aromatic N) is 6. The zero-order chi connectivity index (χ0) is 21.6. The Balaban J connectivity index is 1.66. The number of aromatic nitrogens is 5. The first-order valence-corrected chi connectivity index (χ1v) is 10.6. The van der Waals surface area contributed by atoms with Gasteiger partial charge in [-0.2, -0.15) is 0 Å². The van der Waals surface area contributed by atoms with E-state index < -0.39 is 5.60 Å². The summed E-state index contributed by atoms with van der Waals surface area (Å²) in [6.07, 6.45) is 1.79. The van der Waals surface area contributed by atoms with Gasteiger partial charge in [-0.3, -0.25) is 0 Å². The number of imidazole rings is 1. The molecule has 1 fully saturated rings. The van der Waals surface area contributed by atoms with E-state index in [4.69, 9.17) is 24.4 Å². The Kier molecular flexibility index (Phi) is 4.86. The Labute approximate surface area is 181 Å². The molecule has 3 aromatic heterocycles. The molecule has 0 radical (unpaired) electrons. The fourth-order valence-corrected chi connectivity index (χ4v) is 4.06. The molecule has 0 saturated carbocycles. The van der Waals surface area contributed by atoms with Crippen molar-refractivity contribution in [2.75, 3.05) is 43.1 Å². The number of hydrogen-bond donors (Lipinski definition) is 1. The number of fused-ring (bicyclic) bond motifs is 3. The molecule has 0 aliphatic carbocycles. The van der Waals surface area contributed by atoms with Gasteiger partial charge in [0.1, 0.15) is 17.2 Å². The molecule has 162 valence electrons. The van der Waals surface area contributed by atoms with Crippen molar-refractivity contribution in [2.24, 2.45) is 0 Å². The maximum atomic E-state index is 5.98. The molecule has 3 aromatic rings. The molecule has 5 heterocycles. The van der Waals surface area contributed by atoms with Crippen LogP contribution in [0.5, 0.6) is 0 Å². The Morgan fingerprint density at radius 1 is 1.10 bits per heavy atom. The average molecular weight is 422 g/mol. The van der Waals surface area contributed by atoms with E-state index in [-0.39, 0.29) is 0 Å². The maximum Gasteiger partial charge on any atom is 0.166 e. The van der Waals surface area contributed by atoms with Crippen LogP contribution in [0.4, 0.5) is 11.6 Å². The topological polar surface area (TPSA) is 90.2 Å². The average Bonchev–Trinajstić information content (AvgIpc) is 3.14. The van der Waals surface area contributed by atoms with Gasteiger partial charge in [0, 0.05) is 37.1 Å². The van der Waals surface area contributed by atoms with Crippen LogP contribution >= 0.6 is 0 Å². The molecule has 2 aliphatic heterocycles. The number of morpholine rings is 1. The predicted octanol–water partition coefficient (Wildman–Crippen LogP) is 2.94. The van der Waals surface area contributed by atoms with Gasteiger partial charge in [0.15, 0.2) is 22.8 Å². The van der Waals surface area contributed by atoms with Gasteiger partial charge in [0.05, 0.1) is 19.8 Å². The number of nitrogens with one attached hydrogen (secondary N) is 1.